The van der Waals surface area contributed by atoms with E-state index < -0.39 is 0 Å². The van der Waals surface area contributed by atoms with Gasteiger partial charge in [-0.15, -0.1) is 0 Å². The highest BCUT2D eigenvalue weighted by molar-refractivity contribution is 5.07. The highest BCUT2D eigenvalue weighted by Gasteiger charge is 2.54. The zero-order chi connectivity index (χ0) is 12.4. The van der Waals surface area contributed by atoms with Crippen LogP contribution >= 0.6 is 0 Å². The Labute approximate surface area is 110 Å². The SMILES string of the molecule is NC1CC(OCC2CCOCC2)C12CCCCC2. The molecule has 2 unspecified atom stereocenters. The summed E-state index contributed by atoms with van der Waals surface area (Å²) in [5.74, 6) is 0.719. The summed E-state index contributed by atoms with van der Waals surface area (Å²) < 4.78 is 11.6. The van der Waals surface area contributed by atoms with Crippen LogP contribution < -0.4 is 5.73 Å². The van der Waals surface area contributed by atoms with Crippen molar-refractivity contribution in [2.24, 2.45) is 17.1 Å². The molecule has 18 heavy (non-hydrogen) atoms. The molecule has 2 atom stereocenters. The number of nitrogens with two attached hydrogens (primary N) is 1. The summed E-state index contributed by atoms with van der Waals surface area (Å²) in [4.78, 5) is 0. The summed E-state index contributed by atoms with van der Waals surface area (Å²) in [6.45, 7) is 2.77. The van der Waals surface area contributed by atoms with Crippen LogP contribution in [0.25, 0.3) is 0 Å². The molecule has 3 heteroatoms. The Bertz CT molecular complexity index is 270. The van der Waals surface area contributed by atoms with Crippen molar-refractivity contribution in [1.82, 2.24) is 0 Å². The van der Waals surface area contributed by atoms with E-state index >= 15 is 0 Å². The van der Waals surface area contributed by atoms with Crippen molar-refractivity contribution in [3.05, 3.63) is 0 Å². The molecule has 0 aromatic carbocycles. The molecule has 3 fully saturated rings. The molecule has 3 aliphatic rings. The maximum Gasteiger partial charge on any atom is 0.0661 e. The lowest BCUT2D eigenvalue weighted by Crippen LogP contribution is -2.63. The molecule has 0 radical (unpaired) electrons. The third-order valence-electron chi connectivity index (χ3n) is 5.51. The molecule has 0 amide bonds. The van der Waals surface area contributed by atoms with Gasteiger partial charge in [0.15, 0.2) is 0 Å². The summed E-state index contributed by atoms with van der Waals surface area (Å²) in [6.07, 6.45) is 10.6. The van der Waals surface area contributed by atoms with Gasteiger partial charge in [-0.25, -0.2) is 0 Å². The molecule has 0 aromatic heterocycles. The third-order valence-corrected chi connectivity index (χ3v) is 5.51. The molecular formula is C15H27NO2. The molecule has 3 nitrogen and oxygen atoms in total. The van der Waals surface area contributed by atoms with Crippen LogP contribution in [0.5, 0.6) is 0 Å². The maximum atomic E-state index is 6.29. The van der Waals surface area contributed by atoms with Crippen LogP contribution in [-0.4, -0.2) is 32.0 Å². The van der Waals surface area contributed by atoms with E-state index in [-0.39, 0.29) is 0 Å². The largest absolute Gasteiger partial charge is 0.381 e. The Balaban J connectivity index is 1.50. The second kappa shape index (κ2) is 5.48. The molecule has 2 N–H and O–H groups in total. The zero-order valence-corrected chi connectivity index (χ0v) is 11.4. The average molecular weight is 253 g/mol. The normalized spacial score (nSPS) is 36.5. The fourth-order valence-corrected chi connectivity index (χ4v) is 4.08. The molecule has 2 aliphatic carbocycles. The van der Waals surface area contributed by atoms with Gasteiger partial charge in [-0.3, -0.25) is 0 Å². The minimum Gasteiger partial charge on any atom is -0.381 e. The molecule has 1 aliphatic heterocycles. The van der Waals surface area contributed by atoms with E-state index in [0.29, 0.717) is 17.6 Å². The van der Waals surface area contributed by atoms with Crippen molar-refractivity contribution in [1.29, 1.82) is 0 Å². The highest BCUT2D eigenvalue weighted by Crippen LogP contribution is 2.52. The van der Waals surface area contributed by atoms with E-state index in [1.807, 2.05) is 0 Å². The van der Waals surface area contributed by atoms with E-state index in [2.05, 4.69) is 0 Å². The molecule has 1 saturated heterocycles. The van der Waals surface area contributed by atoms with Crippen molar-refractivity contribution in [3.8, 4) is 0 Å². The van der Waals surface area contributed by atoms with Crippen molar-refractivity contribution in [3.63, 3.8) is 0 Å². The zero-order valence-electron chi connectivity index (χ0n) is 11.4. The number of rotatable bonds is 3. The van der Waals surface area contributed by atoms with Gasteiger partial charge in [0.1, 0.15) is 0 Å². The Morgan fingerprint density at radius 3 is 2.50 bits per heavy atom. The first-order valence-electron chi connectivity index (χ1n) is 7.76. The third kappa shape index (κ3) is 2.33. The van der Waals surface area contributed by atoms with E-state index in [9.17, 15) is 0 Å². The predicted molar refractivity (Wildman–Crippen MR) is 71.4 cm³/mol. The summed E-state index contributed by atoms with van der Waals surface area (Å²) in [5, 5.41) is 0. The number of hydrogen-bond acceptors (Lipinski definition) is 3. The number of hydrogen-bond donors (Lipinski definition) is 1. The Morgan fingerprint density at radius 1 is 1.11 bits per heavy atom. The summed E-state index contributed by atoms with van der Waals surface area (Å²) in [5.41, 5.74) is 6.64. The summed E-state index contributed by atoms with van der Waals surface area (Å²) in [6, 6.07) is 0.400. The first-order chi connectivity index (χ1) is 8.81. The van der Waals surface area contributed by atoms with Crippen molar-refractivity contribution >= 4 is 0 Å². The minimum atomic E-state index is 0.351. The van der Waals surface area contributed by atoms with Crippen LogP contribution in [0.3, 0.4) is 0 Å². The van der Waals surface area contributed by atoms with Gasteiger partial charge in [0.2, 0.25) is 0 Å². The van der Waals surface area contributed by atoms with Gasteiger partial charge in [-0.1, -0.05) is 19.3 Å². The topological polar surface area (TPSA) is 44.5 Å². The van der Waals surface area contributed by atoms with Crippen LogP contribution in [0, 0.1) is 11.3 Å². The fourth-order valence-electron chi connectivity index (χ4n) is 4.08. The van der Waals surface area contributed by atoms with E-state index in [0.717, 1.165) is 32.2 Å². The van der Waals surface area contributed by atoms with Gasteiger partial charge < -0.3 is 15.2 Å². The minimum absolute atomic E-state index is 0.351. The Hall–Kier alpha value is -0.120. The molecule has 3 rings (SSSR count). The first kappa shape index (κ1) is 12.9. The second-order valence-corrected chi connectivity index (χ2v) is 6.51. The monoisotopic (exact) mass is 253 g/mol. The second-order valence-electron chi connectivity index (χ2n) is 6.51. The van der Waals surface area contributed by atoms with E-state index in [1.165, 1.54) is 44.9 Å². The molecule has 1 spiro atoms. The van der Waals surface area contributed by atoms with Gasteiger partial charge in [-0.05, 0) is 38.0 Å². The Morgan fingerprint density at radius 2 is 1.83 bits per heavy atom. The fraction of sp³-hybridized carbons (Fsp3) is 1.00. The van der Waals surface area contributed by atoms with E-state index in [1.54, 1.807) is 0 Å². The lowest BCUT2D eigenvalue weighted by Gasteiger charge is -2.56. The molecular weight excluding hydrogens is 226 g/mol. The van der Waals surface area contributed by atoms with Gasteiger partial charge in [0.25, 0.3) is 0 Å². The summed E-state index contributed by atoms with van der Waals surface area (Å²) >= 11 is 0. The van der Waals surface area contributed by atoms with Gasteiger partial charge >= 0.3 is 0 Å². The van der Waals surface area contributed by atoms with Crippen LogP contribution in [0.15, 0.2) is 0 Å². The molecule has 0 aromatic rings. The standard InChI is InChI=1S/C15H27NO2/c16-13-10-14(15(13)6-2-1-3-7-15)18-11-12-4-8-17-9-5-12/h12-14H,1-11,16H2. The lowest BCUT2D eigenvalue weighted by molar-refractivity contribution is -0.154. The van der Waals surface area contributed by atoms with Crippen LogP contribution in [-0.2, 0) is 9.47 Å². The lowest BCUT2D eigenvalue weighted by atomic mass is 9.55. The van der Waals surface area contributed by atoms with Gasteiger partial charge in [0, 0.05) is 31.3 Å². The van der Waals surface area contributed by atoms with Gasteiger partial charge in [-0.2, -0.15) is 0 Å². The van der Waals surface area contributed by atoms with Crippen LogP contribution in [0.2, 0.25) is 0 Å². The predicted octanol–water partition coefficient (Wildman–Crippen LogP) is 2.48. The Kier molecular flexibility index (Phi) is 3.92. The van der Waals surface area contributed by atoms with Crippen LogP contribution in [0.4, 0.5) is 0 Å². The van der Waals surface area contributed by atoms with Crippen molar-refractivity contribution < 1.29 is 9.47 Å². The van der Waals surface area contributed by atoms with E-state index in [4.69, 9.17) is 15.2 Å². The number of ether oxygens (including phenoxy) is 2. The molecule has 2 saturated carbocycles. The van der Waals surface area contributed by atoms with Crippen molar-refractivity contribution in [2.75, 3.05) is 19.8 Å². The average Bonchev–Trinajstić information content (AvgIpc) is 2.45. The summed E-state index contributed by atoms with van der Waals surface area (Å²) in [7, 11) is 0. The highest BCUT2D eigenvalue weighted by atomic mass is 16.5. The quantitative estimate of drug-likeness (QED) is 0.840. The molecule has 1 heterocycles. The van der Waals surface area contributed by atoms with Crippen LogP contribution in [0.1, 0.15) is 51.4 Å². The smallest absolute Gasteiger partial charge is 0.0661 e. The maximum absolute atomic E-state index is 6.29. The molecule has 104 valence electrons. The van der Waals surface area contributed by atoms with Crippen molar-refractivity contribution in [2.45, 2.75) is 63.5 Å². The molecule has 0 bridgehead atoms. The van der Waals surface area contributed by atoms with Gasteiger partial charge in [0.05, 0.1) is 6.10 Å². The first-order valence-corrected chi connectivity index (χ1v) is 7.76.